The van der Waals surface area contributed by atoms with Gasteiger partial charge in [0.1, 0.15) is 0 Å². The molecule has 1 saturated heterocycles. The van der Waals surface area contributed by atoms with Gasteiger partial charge in [0, 0.05) is 58.9 Å². The van der Waals surface area contributed by atoms with Crippen molar-refractivity contribution in [2.75, 3.05) is 85.1 Å². The third-order valence-corrected chi connectivity index (χ3v) is 4.44. The van der Waals surface area contributed by atoms with Crippen molar-refractivity contribution in [3.63, 3.8) is 0 Å². The van der Waals surface area contributed by atoms with E-state index in [1.165, 1.54) is 0 Å². The van der Waals surface area contributed by atoms with Crippen molar-refractivity contribution in [3.8, 4) is 0 Å². The largest absolute Gasteiger partial charge is 0.480 e. The molecule has 0 unspecified atom stereocenters. The van der Waals surface area contributed by atoms with E-state index in [4.69, 9.17) is 15.9 Å². The molecule has 11 heteroatoms. The first-order valence-electron chi connectivity index (χ1n) is 9.02. The summed E-state index contributed by atoms with van der Waals surface area (Å²) in [5.74, 6) is -2.33. The molecule has 1 aliphatic heterocycles. The Morgan fingerprint density at radius 1 is 0.667 bits per heavy atom. The summed E-state index contributed by atoms with van der Waals surface area (Å²) >= 11 is 0. The number of aliphatic hydroxyl groups excluding tert-OH is 1. The summed E-state index contributed by atoms with van der Waals surface area (Å²) in [6.07, 6.45) is 0. The summed E-state index contributed by atoms with van der Waals surface area (Å²) in [6, 6.07) is 0. The number of aliphatic carboxylic acids is 2. The fraction of sp³-hybridized carbons (Fsp3) is 0.812. The van der Waals surface area contributed by atoms with Crippen LogP contribution in [0.15, 0.2) is 0 Å². The Hall–Kier alpha value is -1.79. The minimum atomic E-state index is -0.926. The van der Waals surface area contributed by atoms with Gasteiger partial charge in [0.2, 0.25) is 5.91 Å². The highest BCUT2D eigenvalue weighted by molar-refractivity contribution is 5.75. The molecule has 0 spiro atoms. The molecule has 27 heavy (non-hydrogen) atoms. The lowest BCUT2D eigenvalue weighted by atomic mass is 10.3. The van der Waals surface area contributed by atoms with Crippen LogP contribution in [-0.2, 0) is 14.4 Å². The number of β-amino-alcohol motifs (C(OH)–C–C–N with tert-alkyl or cyclic N) is 1. The fourth-order valence-corrected chi connectivity index (χ4v) is 3.02. The number of primary amides is 1. The molecule has 0 radical (unpaired) electrons. The van der Waals surface area contributed by atoms with E-state index < -0.39 is 17.8 Å². The van der Waals surface area contributed by atoms with Crippen LogP contribution in [0.4, 0.5) is 0 Å². The second-order valence-corrected chi connectivity index (χ2v) is 6.65. The first-order valence-corrected chi connectivity index (χ1v) is 9.02. The highest BCUT2D eigenvalue weighted by atomic mass is 16.4. The monoisotopic (exact) mass is 389 g/mol. The summed E-state index contributed by atoms with van der Waals surface area (Å²) in [6.45, 7) is 4.16. The van der Waals surface area contributed by atoms with Crippen LogP contribution in [0.25, 0.3) is 0 Å². The molecule has 11 nitrogen and oxygen atoms in total. The molecule has 1 heterocycles. The maximum Gasteiger partial charge on any atom is 0.317 e. The normalized spacial score (nSPS) is 19.9. The number of carbonyl (C=O) groups excluding carboxylic acids is 1. The minimum absolute atomic E-state index is 0.0236. The van der Waals surface area contributed by atoms with Crippen LogP contribution in [-0.4, -0.2) is 138 Å². The van der Waals surface area contributed by atoms with Crippen LogP contribution >= 0.6 is 0 Å². The summed E-state index contributed by atoms with van der Waals surface area (Å²) < 4.78 is 0. The number of hydrogen-bond donors (Lipinski definition) is 4. The number of nitrogens with zero attached hydrogens (tertiary/aromatic N) is 4. The molecule has 1 fully saturated rings. The Morgan fingerprint density at radius 3 is 1.30 bits per heavy atom. The Labute approximate surface area is 158 Å². The molecule has 0 aliphatic carbocycles. The van der Waals surface area contributed by atoms with Crippen molar-refractivity contribution < 1.29 is 29.7 Å². The minimum Gasteiger partial charge on any atom is -0.480 e. The van der Waals surface area contributed by atoms with E-state index in [-0.39, 0.29) is 26.2 Å². The lowest BCUT2D eigenvalue weighted by Gasteiger charge is -2.33. The lowest BCUT2D eigenvalue weighted by molar-refractivity contribution is -0.139. The van der Waals surface area contributed by atoms with Gasteiger partial charge in [-0.1, -0.05) is 0 Å². The number of hydrogen-bond acceptors (Lipinski definition) is 8. The second-order valence-electron chi connectivity index (χ2n) is 6.65. The standard InChI is InChI=1S/C16H31N5O6/c17-14(23)11-19-5-7-20(12-15(24)25)3-1-18(9-10-22)2-4-21(8-6-19)13-16(26)27/h22H,1-13H2,(H2,17,23)(H,24,25)(H,26,27). The molecule has 156 valence electrons. The van der Waals surface area contributed by atoms with Gasteiger partial charge in [-0.05, 0) is 0 Å². The number of rotatable bonds is 8. The van der Waals surface area contributed by atoms with Gasteiger partial charge < -0.3 is 21.1 Å². The topological polar surface area (TPSA) is 151 Å². The second kappa shape index (κ2) is 12.6. The van der Waals surface area contributed by atoms with Crippen molar-refractivity contribution >= 4 is 17.8 Å². The summed E-state index contributed by atoms with van der Waals surface area (Å²) in [5, 5.41) is 27.5. The molecular weight excluding hydrogens is 358 g/mol. The van der Waals surface area contributed by atoms with E-state index in [0.717, 1.165) is 0 Å². The number of carboxylic acid groups (broad SMARTS) is 2. The van der Waals surface area contributed by atoms with E-state index in [0.29, 0.717) is 58.9 Å². The quantitative estimate of drug-likeness (QED) is 0.335. The van der Waals surface area contributed by atoms with Gasteiger partial charge in [0.15, 0.2) is 0 Å². The molecule has 0 saturated carbocycles. The fourth-order valence-electron chi connectivity index (χ4n) is 3.02. The highest BCUT2D eigenvalue weighted by Gasteiger charge is 2.19. The molecular formula is C16H31N5O6. The van der Waals surface area contributed by atoms with Crippen molar-refractivity contribution in [3.05, 3.63) is 0 Å². The maximum atomic E-state index is 11.3. The molecule has 0 aromatic heterocycles. The van der Waals surface area contributed by atoms with Gasteiger partial charge in [-0.2, -0.15) is 0 Å². The van der Waals surface area contributed by atoms with E-state index >= 15 is 0 Å². The number of carboxylic acids is 2. The van der Waals surface area contributed by atoms with Crippen LogP contribution in [0.2, 0.25) is 0 Å². The molecule has 0 atom stereocenters. The summed E-state index contributed by atoms with van der Waals surface area (Å²) in [4.78, 5) is 40.9. The van der Waals surface area contributed by atoms with E-state index in [9.17, 15) is 19.5 Å². The predicted molar refractivity (Wildman–Crippen MR) is 97.3 cm³/mol. The van der Waals surface area contributed by atoms with Crippen LogP contribution in [0.1, 0.15) is 0 Å². The average Bonchev–Trinajstić information content (AvgIpc) is 2.56. The van der Waals surface area contributed by atoms with Crippen molar-refractivity contribution in [2.24, 2.45) is 5.73 Å². The van der Waals surface area contributed by atoms with Gasteiger partial charge in [0.25, 0.3) is 0 Å². The van der Waals surface area contributed by atoms with Crippen molar-refractivity contribution in [1.29, 1.82) is 0 Å². The molecule has 1 rings (SSSR count). The smallest absolute Gasteiger partial charge is 0.317 e. The van der Waals surface area contributed by atoms with Crippen LogP contribution in [0.3, 0.4) is 0 Å². The van der Waals surface area contributed by atoms with Crippen LogP contribution in [0, 0.1) is 0 Å². The Balaban J connectivity index is 2.85. The SMILES string of the molecule is NC(=O)CN1CCN(CC(=O)O)CCN(CCO)CCN(CC(=O)O)CC1. The number of nitrogens with two attached hydrogens (primary N) is 1. The number of aliphatic hydroxyl groups is 1. The molecule has 1 amide bonds. The lowest BCUT2D eigenvalue weighted by Crippen LogP contribution is -2.49. The van der Waals surface area contributed by atoms with Crippen molar-refractivity contribution in [1.82, 2.24) is 19.6 Å². The third-order valence-electron chi connectivity index (χ3n) is 4.44. The zero-order valence-electron chi connectivity index (χ0n) is 15.6. The molecule has 0 bridgehead atoms. The van der Waals surface area contributed by atoms with E-state index in [1.54, 1.807) is 9.80 Å². The van der Waals surface area contributed by atoms with Crippen molar-refractivity contribution in [2.45, 2.75) is 0 Å². The van der Waals surface area contributed by atoms with Gasteiger partial charge >= 0.3 is 11.9 Å². The first-order chi connectivity index (χ1) is 12.8. The number of amides is 1. The Morgan fingerprint density at radius 2 is 1.00 bits per heavy atom. The van der Waals surface area contributed by atoms with Crippen LogP contribution < -0.4 is 5.73 Å². The average molecular weight is 389 g/mol. The van der Waals surface area contributed by atoms with Gasteiger partial charge in [-0.3, -0.25) is 34.0 Å². The van der Waals surface area contributed by atoms with Gasteiger partial charge in [-0.25, -0.2) is 0 Å². The molecule has 0 aromatic carbocycles. The Kier molecular flexibility index (Phi) is 10.8. The first kappa shape index (κ1) is 23.2. The molecule has 5 N–H and O–H groups in total. The van der Waals surface area contributed by atoms with Gasteiger partial charge in [0.05, 0.1) is 26.2 Å². The maximum absolute atomic E-state index is 11.3. The Bertz CT molecular complexity index is 460. The zero-order chi connectivity index (χ0) is 20.2. The third kappa shape index (κ3) is 10.8. The zero-order valence-corrected chi connectivity index (χ0v) is 15.6. The van der Waals surface area contributed by atoms with Gasteiger partial charge in [-0.15, -0.1) is 0 Å². The molecule has 0 aromatic rings. The summed E-state index contributed by atoms with van der Waals surface area (Å²) in [7, 11) is 0. The highest BCUT2D eigenvalue weighted by Crippen LogP contribution is 2.01. The molecule has 1 aliphatic rings. The number of carbonyl (C=O) groups is 3. The predicted octanol–water partition coefficient (Wildman–Crippen LogP) is -3.15. The summed E-state index contributed by atoms with van der Waals surface area (Å²) in [5.41, 5.74) is 5.30. The van der Waals surface area contributed by atoms with E-state index in [2.05, 4.69) is 0 Å². The van der Waals surface area contributed by atoms with Crippen LogP contribution in [0.5, 0.6) is 0 Å². The van der Waals surface area contributed by atoms with E-state index in [1.807, 2.05) is 9.80 Å².